The first-order chi connectivity index (χ1) is 9.88. The Balaban J connectivity index is 2.92. The molecule has 1 unspecified atom stereocenters. The first kappa shape index (κ1) is 16.9. The minimum absolute atomic E-state index is 0.119. The number of nitro groups is 1. The van der Waals surface area contributed by atoms with Gasteiger partial charge >= 0.3 is 5.69 Å². The van der Waals surface area contributed by atoms with Crippen molar-refractivity contribution in [1.29, 1.82) is 0 Å². The lowest BCUT2D eigenvalue weighted by Gasteiger charge is -2.22. The number of carbonyl (C=O) groups is 1. The van der Waals surface area contributed by atoms with Gasteiger partial charge in [0.2, 0.25) is 5.75 Å². The minimum atomic E-state index is -0.730. The quantitative estimate of drug-likeness (QED) is 0.592. The number of nitrogens with zero attached hydrogens (tertiary/aromatic N) is 1. The van der Waals surface area contributed by atoms with Crippen molar-refractivity contribution >= 4 is 11.6 Å². The van der Waals surface area contributed by atoms with Crippen LogP contribution in [0.3, 0.4) is 0 Å². The van der Waals surface area contributed by atoms with Gasteiger partial charge in [-0.2, -0.15) is 0 Å². The summed E-state index contributed by atoms with van der Waals surface area (Å²) in [6, 6.07) is 3.61. The molecule has 0 saturated carbocycles. The van der Waals surface area contributed by atoms with E-state index in [1.807, 2.05) is 20.8 Å². The van der Waals surface area contributed by atoms with E-state index in [4.69, 9.17) is 4.74 Å². The molecule has 0 radical (unpaired) electrons. The van der Waals surface area contributed by atoms with Gasteiger partial charge in [0.25, 0.3) is 5.91 Å². The number of benzene rings is 1. The molecule has 0 aromatic heterocycles. The van der Waals surface area contributed by atoms with Crippen LogP contribution in [0, 0.1) is 16.0 Å². The molecular weight excluding hydrogens is 276 g/mol. The van der Waals surface area contributed by atoms with Crippen molar-refractivity contribution < 1.29 is 19.6 Å². The van der Waals surface area contributed by atoms with E-state index < -0.39 is 22.3 Å². The van der Waals surface area contributed by atoms with E-state index in [-0.39, 0.29) is 17.5 Å². The zero-order valence-corrected chi connectivity index (χ0v) is 12.3. The molecule has 0 heterocycles. The summed E-state index contributed by atoms with van der Waals surface area (Å²) in [6.07, 6.45) is 0. The van der Waals surface area contributed by atoms with Crippen LogP contribution in [0.5, 0.6) is 5.75 Å². The maximum absolute atomic E-state index is 12.2. The number of phenolic OH excluding ortho intramolecular Hbond substituents is 1. The second kappa shape index (κ2) is 7.58. The van der Waals surface area contributed by atoms with E-state index in [1.165, 1.54) is 12.1 Å². The topological polar surface area (TPSA) is 102 Å². The Kier molecular flexibility index (Phi) is 6.10. The van der Waals surface area contributed by atoms with Crippen molar-refractivity contribution in [3.05, 3.63) is 33.9 Å². The Labute approximate surface area is 123 Å². The summed E-state index contributed by atoms with van der Waals surface area (Å²) in [4.78, 5) is 22.2. The molecule has 0 spiro atoms. The number of phenols is 1. The van der Waals surface area contributed by atoms with Crippen LogP contribution in [0.15, 0.2) is 18.2 Å². The molecule has 1 aromatic rings. The van der Waals surface area contributed by atoms with E-state index in [1.54, 1.807) is 0 Å². The normalized spacial score (nSPS) is 12.2. The van der Waals surface area contributed by atoms with Crippen LogP contribution in [-0.2, 0) is 4.74 Å². The molecule has 0 aliphatic rings. The van der Waals surface area contributed by atoms with E-state index in [2.05, 4.69) is 5.32 Å². The first-order valence-electron chi connectivity index (χ1n) is 6.73. The van der Waals surface area contributed by atoms with Gasteiger partial charge in [0.15, 0.2) is 0 Å². The average molecular weight is 296 g/mol. The van der Waals surface area contributed by atoms with Gasteiger partial charge in [-0.1, -0.05) is 19.9 Å². The number of nitrogens with one attached hydrogen (secondary N) is 1. The van der Waals surface area contributed by atoms with Crippen molar-refractivity contribution in [1.82, 2.24) is 5.32 Å². The van der Waals surface area contributed by atoms with E-state index >= 15 is 0 Å². The highest BCUT2D eigenvalue weighted by molar-refractivity contribution is 5.98. The molecule has 1 atom stereocenters. The summed E-state index contributed by atoms with van der Waals surface area (Å²) in [7, 11) is 0. The fourth-order valence-electron chi connectivity index (χ4n) is 1.75. The van der Waals surface area contributed by atoms with Gasteiger partial charge < -0.3 is 15.2 Å². The van der Waals surface area contributed by atoms with E-state index in [0.717, 1.165) is 6.07 Å². The lowest BCUT2D eigenvalue weighted by atomic mass is 10.0. The van der Waals surface area contributed by atoms with Crippen molar-refractivity contribution in [2.45, 2.75) is 26.8 Å². The van der Waals surface area contributed by atoms with Crippen LogP contribution in [0.2, 0.25) is 0 Å². The molecule has 21 heavy (non-hydrogen) atoms. The smallest absolute Gasteiger partial charge is 0.311 e. The molecule has 0 aliphatic heterocycles. The van der Waals surface area contributed by atoms with Gasteiger partial charge in [-0.25, -0.2) is 0 Å². The fourth-order valence-corrected chi connectivity index (χ4v) is 1.75. The Morgan fingerprint density at radius 2 is 2.14 bits per heavy atom. The lowest BCUT2D eigenvalue weighted by molar-refractivity contribution is -0.385. The Hall–Kier alpha value is -2.15. The predicted molar refractivity (Wildman–Crippen MR) is 77.3 cm³/mol. The van der Waals surface area contributed by atoms with Crippen molar-refractivity contribution in [3.63, 3.8) is 0 Å². The van der Waals surface area contributed by atoms with Crippen LogP contribution in [0.25, 0.3) is 0 Å². The number of ether oxygens (including phenoxy) is 1. The summed E-state index contributed by atoms with van der Waals surface area (Å²) in [5, 5.41) is 23.3. The van der Waals surface area contributed by atoms with Gasteiger partial charge in [-0.15, -0.1) is 0 Å². The Morgan fingerprint density at radius 1 is 1.48 bits per heavy atom. The molecule has 1 aromatic carbocycles. The largest absolute Gasteiger partial charge is 0.502 e. The number of amides is 1. The average Bonchev–Trinajstić information content (AvgIpc) is 2.42. The van der Waals surface area contributed by atoms with Crippen LogP contribution in [0.1, 0.15) is 31.1 Å². The molecule has 7 nitrogen and oxygen atoms in total. The minimum Gasteiger partial charge on any atom is -0.502 e. The fraction of sp³-hybridized carbons (Fsp3) is 0.500. The number of carbonyl (C=O) groups excluding carboxylic acids is 1. The Morgan fingerprint density at radius 3 is 2.67 bits per heavy atom. The SMILES string of the molecule is CCOCC(NC(=O)c1cccc([N+](=O)[O-])c1O)C(C)C. The third-order valence-electron chi connectivity index (χ3n) is 3.08. The molecule has 0 aliphatic carbocycles. The predicted octanol–water partition coefficient (Wildman–Crippen LogP) is 2.09. The van der Waals surface area contributed by atoms with E-state index in [0.29, 0.717) is 13.2 Å². The summed E-state index contributed by atoms with van der Waals surface area (Å²) >= 11 is 0. The van der Waals surface area contributed by atoms with Crippen molar-refractivity contribution in [3.8, 4) is 5.75 Å². The van der Waals surface area contributed by atoms with Crippen molar-refractivity contribution in [2.75, 3.05) is 13.2 Å². The molecule has 0 fully saturated rings. The van der Waals surface area contributed by atoms with Gasteiger partial charge in [0, 0.05) is 12.7 Å². The van der Waals surface area contributed by atoms with E-state index in [9.17, 15) is 20.0 Å². The number of hydrogen-bond acceptors (Lipinski definition) is 5. The highest BCUT2D eigenvalue weighted by Gasteiger charge is 2.23. The number of rotatable bonds is 7. The zero-order chi connectivity index (χ0) is 16.0. The van der Waals surface area contributed by atoms with Crippen molar-refractivity contribution in [2.24, 2.45) is 5.92 Å². The monoisotopic (exact) mass is 296 g/mol. The van der Waals surface area contributed by atoms with Gasteiger partial charge in [-0.05, 0) is 18.9 Å². The number of nitro benzene ring substituents is 1. The molecule has 7 heteroatoms. The second-order valence-electron chi connectivity index (χ2n) is 4.91. The molecule has 2 N–H and O–H groups in total. The maximum Gasteiger partial charge on any atom is 0.311 e. The first-order valence-corrected chi connectivity index (χ1v) is 6.73. The van der Waals surface area contributed by atoms with Gasteiger partial charge in [0.1, 0.15) is 0 Å². The summed E-state index contributed by atoms with van der Waals surface area (Å²) < 4.78 is 5.30. The van der Waals surface area contributed by atoms with Gasteiger partial charge in [0.05, 0.1) is 23.1 Å². The highest BCUT2D eigenvalue weighted by atomic mass is 16.6. The van der Waals surface area contributed by atoms with Crippen LogP contribution >= 0.6 is 0 Å². The van der Waals surface area contributed by atoms with Crippen LogP contribution < -0.4 is 5.32 Å². The molecule has 0 saturated heterocycles. The summed E-state index contributed by atoms with van der Waals surface area (Å²) in [5.74, 6) is -1.06. The Bertz CT molecular complexity index is 516. The van der Waals surface area contributed by atoms with Crippen LogP contribution in [-0.4, -0.2) is 35.2 Å². The zero-order valence-electron chi connectivity index (χ0n) is 12.3. The highest BCUT2D eigenvalue weighted by Crippen LogP contribution is 2.29. The lowest BCUT2D eigenvalue weighted by Crippen LogP contribution is -2.41. The van der Waals surface area contributed by atoms with Gasteiger partial charge in [-0.3, -0.25) is 14.9 Å². The number of hydrogen-bond donors (Lipinski definition) is 2. The number of aromatic hydroxyl groups is 1. The standard InChI is InChI=1S/C14H20N2O5/c1-4-21-8-11(9(2)3)15-14(18)10-6-5-7-12(13(10)17)16(19)20/h5-7,9,11,17H,4,8H2,1-3H3,(H,15,18). The molecular formula is C14H20N2O5. The molecule has 1 rings (SSSR count). The maximum atomic E-state index is 12.2. The molecule has 1 amide bonds. The summed E-state index contributed by atoms with van der Waals surface area (Å²) in [5.41, 5.74) is -0.611. The number of para-hydroxylation sites is 1. The molecule has 116 valence electrons. The second-order valence-corrected chi connectivity index (χ2v) is 4.91. The summed E-state index contributed by atoms with van der Waals surface area (Å²) in [6.45, 7) is 6.58. The van der Waals surface area contributed by atoms with Crippen LogP contribution in [0.4, 0.5) is 5.69 Å². The third kappa shape index (κ3) is 4.42. The third-order valence-corrected chi connectivity index (χ3v) is 3.08. The molecule has 0 bridgehead atoms.